The van der Waals surface area contributed by atoms with E-state index in [0.717, 1.165) is 12.8 Å². The molecule has 2 rings (SSSR count). The Bertz CT molecular complexity index is 415. The van der Waals surface area contributed by atoms with Gasteiger partial charge in [-0.1, -0.05) is 13.8 Å². The first kappa shape index (κ1) is 13.8. The van der Waals surface area contributed by atoms with Crippen molar-refractivity contribution in [3.63, 3.8) is 0 Å². The van der Waals surface area contributed by atoms with Crippen molar-refractivity contribution in [1.82, 2.24) is 0 Å². The minimum absolute atomic E-state index is 0.0302. The number of hydrogen-bond acceptors (Lipinski definition) is 3. The number of nitrogens with zero attached hydrogens (tertiary/aromatic N) is 1. The van der Waals surface area contributed by atoms with E-state index in [2.05, 4.69) is 6.07 Å². The Morgan fingerprint density at radius 1 is 1.56 bits per heavy atom. The van der Waals surface area contributed by atoms with Crippen LogP contribution in [0.3, 0.4) is 0 Å². The van der Waals surface area contributed by atoms with E-state index in [9.17, 15) is 4.79 Å². The molecular weight excluding hydrogens is 250 g/mol. The molecular formula is C14H20ClNO2. The van der Waals surface area contributed by atoms with Crippen molar-refractivity contribution in [2.45, 2.75) is 57.6 Å². The van der Waals surface area contributed by atoms with E-state index in [1.165, 1.54) is 0 Å². The van der Waals surface area contributed by atoms with E-state index >= 15 is 0 Å². The van der Waals surface area contributed by atoms with Crippen molar-refractivity contribution in [3.8, 4) is 6.07 Å². The number of ether oxygens (including phenoxy) is 1. The van der Waals surface area contributed by atoms with Gasteiger partial charge >= 0.3 is 0 Å². The fraction of sp³-hybridized carbons (Fsp3) is 0.857. The Morgan fingerprint density at radius 2 is 2.17 bits per heavy atom. The lowest BCUT2D eigenvalue weighted by Crippen LogP contribution is -2.41. The highest BCUT2D eigenvalue weighted by Crippen LogP contribution is 2.55. The topological polar surface area (TPSA) is 50.1 Å². The molecule has 0 amide bonds. The molecule has 0 aromatic carbocycles. The van der Waals surface area contributed by atoms with Crippen LogP contribution in [-0.2, 0) is 9.53 Å². The molecule has 100 valence electrons. The van der Waals surface area contributed by atoms with Gasteiger partial charge in [0.25, 0.3) is 0 Å². The van der Waals surface area contributed by atoms with E-state index in [-0.39, 0.29) is 34.7 Å². The zero-order chi connectivity index (χ0) is 13.7. The standard InChI is InChI=1S/C14H20ClNO2/c1-8(17)13(2,3)12-11(15)10-5-9(7-16)6-14(10,4)18-12/h9-12H,5-6H2,1-4H3/t9?,10?,11-,12?,14?/m0/s1. The van der Waals surface area contributed by atoms with Gasteiger partial charge in [0, 0.05) is 11.8 Å². The molecule has 2 aliphatic rings. The summed E-state index contributed by atoms with van der Waals surface area (Å²) in [5, 5.41) is 8.85. The zero-order valence-electron chi connectivity index (χ0n) is 11.4. The van der Waals surface area contributed by atoms with Gasteiger partial charge in [-0.3, -0.25) is 4.79 Å². The lowest BCUT2D eigenvalue weighted by atomic mass is 9.79. The first-order valence-corrected chi connectivity index (χ1v) is 6.88. The molecule has 1 aliphatic heterocycles. The Balaban J connectivity index is 2.24. The number of nitriles is 1. The Labute approximate surface area is 113 Å². The average molecular weight is 270 g/mol. The highest BCUT2D eigenvalue weighted by molar-refractivity contribution is 6.21. The number of hydrogen-bond donors (Lipinski definition) is 0. The molecule has 0 aromatic heterocycles. The lowest BCUT2D eigenvalue weighted by molar-refractivity contribution is -0.137. The van der Waals surface area contributed by atoms with Crippen LogP contribution in [0.4, 0.5) is 0 Å². The predicted octanol–water partition coefficient (Wildman–Crippen LogP) is 2.92. The SMILES string of the molecule is CC(=O)C(C)(C)C1OC2(C)CC(C#N)CC2[C@@H]1Cl. The van der Waals surface area contributed by atoms with Gasteiger partial charge in [-0.05, 0) is 26.7 Å². The summed E-state index contributed by atoms with van der Waals surface area (Å²) in [5.41, 5.74) is -0.911. The highest BCUT2D eigenvalue weighted by Gasteiger charge is 2.60. The maximum Gasteiger partial charge on any atom is 0.138 e. The molecule has 3 nitrogen and oxygen atoms in total. The molecule has 0 N–H and O–H groups in total. The summed E-state index contributed by atoms with van der Waals surface area (Å²) in [7, 11) is 0. The number of halogens is 1. The van der Waals surface area contributed by atoms with E-state index in [0.29, 0.717) is 0 Å². The molecule has 4 unspecified atom stereocenters. The summed E-state index contributed by atoms with van der Waals surface area (Å²) in [6.45, 7) is 7.39. The van der Waals surface area contributed by atoms with Gasteiger partial charge in [-0.25, -0.2) is 0 Å². The molecule has 18 heavy (non-hydrogen) atoms. The summed E-state index contributed by atoms with van der Waals surface area (Å²) in [6.07, 6.45) is 1.25. The van der Waals surface area contributed by atoms with Gasteiger partial charge in [0.1, 0.15) is 5.78 Å². The molecule has 0 radical (unpaired) electrons. The van der Waals surface area contributed by atoms with Crippen LogP contribution in [-0.4, -0.2) is 22.9 Å². The summed E-state index contributed by atoms with van der Waals surface area (Å²) in [5.74, 6) is 0.300. The van der Waals surface area contributed by atoms with Gasteiger partial charge < -0.3 is 4.74 Å². The molecule has 0 aromatic rings. The second-order valence-corrected chi connectivity index (χ2v) is 6.95. The van der Waals surface area contributed by atoms with Crippen LogP contribution in [0.5, 0.6) is 0 Å². The lowest BCUT2D eigenvalue weighted by Gasteiger charge is -2.32. The fourth-order valence-corrected chi connectivity index (χ4v) is 4.03. The Morgan fingerprint density at radius 3 is 2.61 bits per heavy atom. The van der Waals surface area contributed by atoms with Gasteiger partial charge in [0.05, 0.1) is 28.6 Å². The zero-order valence-corrected chi connectivity index (χ0v) is 12.1. The second kappa shape index (κ2) is 4.21. The molecule has 1 heterocycles. The third kappa shape index (κ3) is 1.87. The van der Waals surface area contributed by atoms with Crippen LogP contribution in [0.1, 0.15) is 40.5 Å². The molecule has 1 saturated carbocycles. The molecule has 1 saturated heterocycles. The van der Waals surface area contributed by atoms with E-state index in [4.69, 9.17) is 21.6 Å². The maximum absolute atomic E-state index is 11.8. The summed E-state index contributed by atoms with van der Waals surface area (Å²) < 4.78 is 6.14. The Hall–Kier alpha value is -0.590. The van der Waals surface area contributed by atoms with Crippen LogP contribution in [0.25, 0.3) is 0 Å². The van der Waals surface area contributed by atoms with Crippen molar-refractivity contribution < 1.29 is 9.53 Å². The number of alkyl halides is 1. The third-order valence-electron chi connectivity index (χ3n) is 4.85. The van der Waals surface area contributed by atoms with Crippen LogP contribution in [0, 0.1) is 28.6 Å². The van der Waals surface area contributed by atoms with Crippen LogP contribution in [0.15, 0.2) is 0 Å². The first-order valence-electron chi connectivity index (χ1n) is 6.45. The molecule has 0 bridgehead atoms. The molecule has 1 aliphatic carbocycles. The summed E-state index contributed by atoms with van der Waals surface area (Å²) >= 11 is 6.53. The van der Waals surface area contributed by atoms with Gasteiger partial charge in [0.2, 0.25) is 0 Å². The highest BCUT2D eigenvalue weighted by atomic mass is 35.5. The number of carbonyl (C=O) groups is 1. The minimum Gasteiger partial charge on any atom is -0.369 e. The van der Waals surface area contributed by atoms with Crippen LogP contribution in [0.2, 0.25) is 0 Å². The number of carbonyl (C=O) groups excluding carboxylic acids is 1. The van der Waals surface area contributed by atoms with E-state index < -0.39 is 5.41 Å². The average Bonchev–Trinajstić information content (AvgIpc) is 2.73. The summed E-state index contributed by atoms with van der Waals surface area (Å²) in [4.78, 5) is 11.8. The number of rotatable bonds is 2. The monoisotopic (exact) mass is 269 g/mol. The Kier molecular flexibility index (Phi) is 3.24. The van der Waals surface area contributed by atoms with Gasteiger partial charge in [-0.15, -0.1) is 11.6 Å². The van der Waals surface area contributed by atoms with E-state index in [1.54, 1.807) is 6.92 Å². The second-order valence-electron chi connectivity index (χ2n) is 6.45. The first-order chi connectivity index (χ1) is 8.22. The fourth-order valence-electron chi connectivity index (χ4n) is 3.29. The largest absolute Gasteiger partial charge is 0.369 e. The van der Waals surface area contributed by atoms with Crippen molar-refractivity contribution in [2.24, 2.45) is 17.3 Å². The smallest absolute Gasteiger partial charge is 0.138 e. The third-order valence-corrected chi connectivity index (χ3v) is 5.38. The predicted molar refractivity (Wildman–Crippen MR) is 69.2 cm³/mol. The molecule has 4 heteroatoms. The molecule has 5 atom stereocenters. The van der Waals surface area contributed by atoms with E-state index in [1.807, 2.05) is 20.8 Å². The van der Waals surface area contributed by atoms with Crippen molar-refractivity contribution in [3.05, 3.63) is 0 Å². The van der Waals surface area contributed by atoms with Crippen molar-refractivity contribution >= 4 is 17.4 Å². The van der Waals surface area contributed by atoms with Gasteiger partial charge in [0.15, 0.2) is 0 Å². The van der Waals surface area contributed by atoms with Crippen molar-refractivity contribution in [2.75, 3.05) is 0 Å². The number of Topliss-reactive ketones (excluding diaryl/α,β-unsaturated/α-hetero) is 1. The minimum atomic E-state index is -0.568. The van der Waals surface area contributed by atoms with Crippen LogP contribution >= 0.6 is 11.6 Å². The normalized spacial score (nSPS) is 43.6. The number of ketones is 1. The summed E-state index contributed by atoms with van der Waals surface area (Å²) in [6, 6.07) is 2.31. The molecule has 2 fully saturated rings. The number of fused-ring (bicyclic) bond motifs is 1. The maximum atomic E-state index is 11.8. The van der Waals surface area contributed by atoms with Crippen molar-refractivity contribution in [1.29, 1.82) is 5.26 Å². The van der Waals surface area contributed by atoms with Crippen LogP contribution < -0.4 is 0 Å². The quantitative estimate of drug-likeness (QED) is 0.724. The molecule has 0 spiro atoms. The van der Waals surface area contributed by atoms with Gasteiger partial charge in [-0.2, -0.15) is 5.26 Å².